The highest BCUT2D eigenvalue weighted by Gasteiger charge is 2.18. The Morgan fingerprint density at radius 3 is 2.89 bits per heavy atom. The van der Waals surface area contributed by atoms with Gasteiger partial charge in [0.25, 0.3) is 0 Å². The predicted molar refractivity (Wildman–Crippen MR) is 72.3 cm³/mol. The summed E-state index contributed by atoms with van der Waals surface area (Å²) in [7, 11) is 0. The van der Waals surface area contributed by atoms with Crippen LogP contribution in [0.5, 0.6) is 0 Å². The zero-order valence-corrected chi connectivity index (χ0v) is 10.4. The minimum absolute atomic E-state index is 0.346. The fraction of sp³-hybridized carbons (Fsp3) is 0.188. The molecule has 3 rings (SSSR count). The molecule has 2 aromatic rings. The third-order valence-corrected chi connectivity index (χ3v) is 3.44. The van der Waals surface area contributed by atoms with E-state index in [9.17, 15) is 4.39 Å². The van der Waals surface area contributed by atoms with Crippen LogP contribution in [0, 0.1) is 17.1 Å². The summed E-state index contributed by atoms with van der Waals surface area (Å²) < 4.78 is 13.4. The highest BCUT2D eigenvalue weighted by molar-refractivity contribution is 5.58. The summed E-state index contributed by atoms with van der Waals surface area (Å²) in [5, 5.41) is 8.87. The summed E-state index contributed by atoms with van der Waals surface area (Å²) in [6.07, 6.45) is 1.02. The van der Waals surface area contributed by atoms with Crippen LogP contribution in [0.25, 0.3) is 0 Å². The van der Waals surface area contributed by atoms with Crippen LogP contribution in [0.2, 0.25) is 0 Å². The zero-order chi connectivity index (χ0) is 13.2. The number of rotatable bonds is 2. The van der Waals surface area contributed by atoms with Crippen LogP contribution in [0.4, 0.5) is 10.1 Å². The van der Waals surface area contributed by atoms with Crippen molar-refractivity contribution >= 4 is 5.69 Å². The molecule has 1 aliphatic heterocycles. The first-order chi connectivity index (χ1) is 9.26. The van der Waals surface area contributed by atoms with E-state index in [4.69, 9.17) is 5.26 Å². The van der Waals surface area contributed by atoms with E-state index in [0.29, 0.717) is 12.1 Å². The zero-order valence-electron chi connectivity index (χ0n) is 10.4. The topological polar surface area (TPSA) is 27.0 Å². The van der Waals surface area contributed by atoms with Gasteiger partial charge in [0.05, 0.1) is 11.6 Å². The number of nitrogens with zero attached hydrogens (tertiary/aromatic N) is 2. The molecule has 0 saturated heterocycles. The van der Waals surface area contributed by atoms with Gasteiger partial charge in [0.15, 0.2) is 0 Å². The fourth-order valence-corrected chi connectivity index (χ4v) is 2.60. The van der Waals surface area contributed by atoms with Crippen LogP contribution in [0.15, 0.2) is 42.5 Å². The van der Waals surface area contributed by atoms with Crippen molar-refractivity contribution < 1.29 is 4.39 Å². The van der Waals surface area contributed by atoms with Gasteiger partial charge in [0, 0.05) is 18.8 Å². The molecule has 0 radical (unpaired) electrons. The molecule has 0 fully saturated rings. The second-order valence-corrected chi connectivity index (χ2v) is 4.76. The van der Waals surface area contributed by atoms with E-state index in [2.05, 4.69) is 17.0 Å². The Morgan fingerprint density at radius 2 is 2.05 bits per heavy atom. The van der Waals surface area contributed by atoms with Crippen molar-refractivity contribution in [3.8, 4) is 6.07 Å². The van der Waals surface area contributed by atoms with Crippen LogP contribution in [-0.4, -0.2) is 6.54 Å². The molecule has 0 saturated carbocycles. The van der Waals surface area contributed by atoms with Crippen LogP contribution < -0.4 is 4.90 Å². The molecule has 1 heterocycles. The monoisotopic (exact) mass is 252 g/mol. The van der Waals surface area contributed by atoms with E-state index < -0.39 is 0 Å². The summed E-state index contributed by atoms with van der Waals surface area (Å²) in [6, 6.07) is 14.8. The molecule has 0 unspecified atom stereocenters. The van der Waals surface area contributed by atoms with Gasteiger partial charge in [-0.3, -0.25) is 0 Å². The van der Waals surface area contributed by atoms with E-state index in [-0.39, 0.29) is 5.82 Å². The molecule has 0 N–H and O–H groups in total. The van der Waals surface area contributed by atoms with E-state index in [1.165, 1.54) is 23.4 Å². The molecule has 2 nitrogen and oxygen atoms in total. The molecule has 0 atom stereocenters. The van der Waals surface area contributed by atoms with E-state index in [1.807, 2.05) is 18.2 Å². The van der Waals surface area contributed by atoms with Gasteiger partial charge >= 0.3 is 0 Å². The van der Waals surface area contributed by atoms with Crippen LogP contribution >= 0.6 is 0 Å². The van der Waals surface area contributed by atoms with E-state index in [1.54, 1.807) is 6.07 Å². The first kappa shape index (κ1) is 11.7. The lowest BCUT2D eigenvalue weighted by molar-refractivity contribution is 0.624. The Balaban J connectivity index is 1.88. The number of benzene rings is 2. The lowest BCUT2D eigenvalue weighted by Gasteiger charge is -2.19. The van der Waals surface area contributed by atoms with E-state index >= 15 is 0 Å². The minimum Gasteiger partial charge on any atom is -0.367 e. The smallest absolute Gasteiger partial charge is 0.124 e. The first-order valence-corrected chi connectivity index (χ1v) is 6.29. The van der Waals surface area contributed by atoms with Gasteiger partial charge in [-0.05, 0) is 41.8 Å². The molecule has 0 spiro atoms. The van der Waals surface area contributed by atoms with Gasteiger partial charge in [-0.2, -0.15) is 5.26 Å². The van der Waals surface area contributed by atoms with Crippen molar-refractivity contribution in [2.75, 3.05) is 11.4 Å². The summed E-state index contributed by atoms with van der Waals surface area (Å²) in [5.41, 5.74) is 3.76. The van der Waals surface area contributed by atoms with E-state index in [0.717, 1.165) is 18.5 Å². The Kier molecular flexibility index (Phi) is 2.92. The second-order valence-electron chi connectivity index (χ2n) is 4.76. The Morgan fingerprint density at radius 1 is 1.21 bits per heavy atom. The third-order valence-electron chi connectivity index (χ3n) is 3.44. The lowest BCUT2D eigenvalue weighted by atomic mass is 10.1. The number of para-hydroxylation sites is 1. The van der Waals surface area contributed by atoms with Gasteiger partial charge in [-0.1, -0.05) is 18.2 Å². The number of anilines is 1. The van der Waals surface area contributed by atoms with Gasteiger partial charge in [-0.15, -0.1) is 0 Å². The van der Waals surface area contributed by atoms with Gasteiger partial charge in [0.2, 0.25) is 0 Å². The average Bonchev–Trinajstić information content (AvgIpc) is 2.82. The summed E-state index contributed by atoms with van der Waals surface area (Å²) >= 11 is 0. The maximum Gasteiger partial charge on any atom is 0.124 e. The first-order valence-electron chi connectivity index (χ1n) is 6.29. The van der Waals surface area contributed by atoms with Crippen LogP contribution in [-0.2, 0) is 13.0 Å². The molecule has 0 aliphatic carbocycles. The van der Waals surface area contributed by atoms with Crippen molar-refractivity contribution in [2.45, 2.75) is 13.0 Å². The number of halogens is 1. The number of hydrogen-bond donors (Lipinski definition) is 0. The Labute approximate surface area is 111 Å². The molecule has 0 amide bonds. The molecular formula is C16H13FN2. The third kappa shape index (κ3) is 2.30. The van der Waals surface area contributed by atoms with Gasteiger partial charge < -0.3 is 4.90 Å². The summed E-state index contributed by atoms with van der Waals surface area (Å²) in [6.45, 7) is 1.58. The molecule has 94 valence electrons. The van der Waals surface area contributed by atoms with Gasteiger partial charge in [-0.25, -0.2) is 4.39 Å². The SMILES string of the molecule is N#Cc1cc(F)cc(CN2CCc3ccccc32)c1. The van der Waals surface area contributed by atoms with Crippen molar-refractivity contribution in [1.29, 1.82) is 5.26 Å². The standard InChI is InChI=1S/C16H13FN2/c17-15-8-12(10-18)7-13(9-15)11-19-6-5-14-3-1-2-4-16(14)19/h1-4,7-9H,5-6,11H2. The molecular weight excluding hydrogens is 239 g/mol. The number of fused-ring (bicyclic) bond motifs is 1. The number of hydrogen-bond acceptors (Lipinski definition) is 2. The fourth-order valence-electron chi connectivity index (χ4n) is 2.60. The van der Waals surface area contributed by atoms with Crippen LogP contribution in [0.1, 0.15) is 16.7 Å². The molecule has 1 aliphatic rings. The molecule has 2 aromatic carbocycles. The largest absolute Gasteiger partial charge is 0.367 e. The van der Waals surface area contributed by atoms with Crippen molar-refractivity contribution in [3.63, 3.8) is 0 Å². The van der Waals surface area contributed by atoms with Gasteiger partial charge in [0.1, 0.15) is 5.82 Å². The quantitative estimate of drug-likeness (QED) is 0.820. The Hall–Kier alpha value is -2.34. The minimum atomic E-state index is -0.346. The molecule has 3 heteroatoms. The second kappa shape index (κ2) is 4.74. The lowest BCUT2D eigenvalue weighted by Crippen LogP contribution is -2.19. The maximum absolute atomic E-state index is 13.4. The average molecular weight is 252 g/mol. The summed E-state index contributed by atoms with van der Waals surface area (Å²) in [4.78, 5) is 2.23. The highest BCUT2D eigenvalue weighted by atomic mass is 19.1. The van der Waals surface area contributed by atoms with Crippen molar-refractivity contribution in [1.82, 2.24) is 0 Å². The Bertz CT molecular complexity index is 658. The highest BCUT2D eigenvalue weighted by Crippen LogP contribution is 2.29. The molecule has 19 heavy (non-hydrogen) atoms. The van der Waals surface area contributed by atoms with Crippen LogP contribution in [0.3, 0.4) is 0 Å². The molecule has 0 bridgehead atoms. The molecule has 0 aromatic heterocycles. The maximum atomic E-state index is 13.4. The predicted octanol–water partition coefficient (Wildman–Crippen LogP) is 3.26. The summed E-state index contributed by atoms with van der Waals surface area (Å²) in [5.74, 6) is -0.346. The number of nitriles is 1. The normalized spacial score (nSPS) is 13.2. The van der Waals surface area contributed by atoms with Crippen molar-refractivity contribution in [3.05, 3.63) is 65.0 Å². The van der Waals surface area contributed by atoms with Crippen molar-refractivity contribution in [2.24, 2.45) is 0 Å².